The van der Waals surface area contributed by atoms with Crippen LogP contribution in [0.25, 0.3) is 80.0 Å². The van der Waals surface area contributed by atoms with Crippen molar-refractivity contribution in [3.8, 4) is 24.3 Å². The molecule has 12 rings (SSSR count). The molecule has 0 unspecified atom stereocenters. The zero-order chi connectivity index (χ0) is 64.9. The van der Waals surface area contributed by atoms with Gasteiger partial charge >= 0.3 is 0 Å². The number of hydrogen-bond donors (Lipinski definition) is 6. The monoisotopic (exact) mass is 1140 g/mol. The zero-order valence-corrected chi connectivity index (χ0v) is 53.4. The molecule has 0 atom stereocenters. The fourth-order valence-corrected chi connectivity index (χ4v) is 8.45. The van der Waals surface area contributed by atoms with Crippen molar-refractivity contribution in [2.24, 2.45) is 0 Å². The van der Waals surface area contributed by atoms with Crippen LogP contribution in [0.5, 0.6) is 0 Å². The molecule has 440 valence electrons. The van der Waals surface area contributed by atoms with Crippen LogP contribution in [0.4, 0.5) is 17.1 Å². The quantitative estimate of drug-likeness (QED) is 0.0821. The van der Waals surface area contributed by atoms with E-state index in [1.807, 2.05) is 259 Å². The Hall–Kier alpha value is -11.0. The van der Waals surface area contributed by atoms with Gasteiger partial charge in [-0.3, -0.25) is 0 Å². The van der Waals surface area contributed by atoms with Gasteiger partial charge in [-0.25, -0.2) is 14.5 Å². The van der Waals surface area contributed by atoms with E-state index < -0.39 is 0 Å². The molecule has 0 aliphatic carbocycles. The van der Waals surface area contributed by atoms with E-state index in [0.29, 0.717) is 11.1 Å². The lowest BCUT2D eigenvalue weighted by Crippen LogP contribution is -1.90. The van der Waals surface area contributed by atoms with Crippen molar-refractivity contribution < 1.29 is 0 Å². The number of nitriles is 4. The highest BCUT2D eigenvalue weighted by Gasteiger charge is 2.11. The zero-order valence-electron chi connectivity index (χ0n) is 53.4. The summed E-state index contributed by atoms with van der Waals surface area (Å²) in [5, 5.41) is 41.8. The van der Waals surface area contributed by atoms with E-state index in [1.165, 1.54) is 5.56 Å². The van der Waals surface area contributed by atoms with Gasteiger partial charge in [0, 0.05) is 86.2 Å². The van der Waals surface area contributed by atoms with Crippen LogP contribution in [-0.2, 0) is 0 Å². The third-order valence-electron chi connectivity index (χ3n) is 12.3. The van der Waals surface area contributed by atoms with Gasteiger partial charge in [0.05, 0.1) is 59.1 Å². The molecule has 0 aliphatic rings. The first-order valence-electron chi connectivity index (χ1n) is 29.1. The Morgan fingerprint density at radius 3 is 1.40 bits per heavy atom. The molecule has 13 heteroatoms. The maximum Gasteiger partial charge on any atom is 0.199 e. The van der Waals surface area contributed by atoms with Gasteiger partial charge in [-0.2, -0.15) is 21.0 Å². The predicted molar refractivity (Wildman–Crippen MR) is 364 cm³/mol. The Labute approximate surface area is 510 Å². The Morgan fingerprint density at radius 2 is 0.802 bits per heavy atom. The molecule has 0 saturated heterocycles. The second-order valence-electron chi connectivity index (χ2n) is 17.2. The van der Waals surface area contributed by atoms with Crippen LogP contribution >= 0.6 is 0 Å². The molecule has 0 radical (unpaired) electrons. The molecule has 13 nitrogen and oxygen atoms in total. The van der Waals surface area contributed by atoms with Gasteiger partial charge in [0.15, 0.2) is 17.1 Å². The number of nitrogens with one attached hydrogen (secondary N) is 6. The maximum atomic E-state index is 8.97. The summed E-state index contributed by atoms with van der Waals surface area (Å²) >= 11 is 0. The predicted octanol–water partition coefficient (Wildman–Crippen LogP) is 22.2. The highest BCUT2D eigenvalue weighted by molar-refractivity contribution is 5.96. The van der Waals surface area contributed by atoms with Crippen molar-refractivity contribution in [1.29, 1.82) is 21.0 Å². The molecular weight excluding hydrogens is 1060 g/mol. The standard InChI is InChI=1S/C11H7N3.5C10H8N2.6C2H6/c1-7-4-8-2-3-14-11(8)10(6-13)9(7)5-12;1-7-5-9(11-2)8-3-4-12-10(8)6-7;1-7-3-4-9-8(5-6-12-9)10(7)11-2;1-7-3-4-9(11-2)8-5-6-12-10(7)8;1-7-4-8-2-3-12-10(8)5-9(7)6-11;1-7-2-3-8-4-5-12-10(8)9(7)6-11;6*1-2/h2-4,14H,1H3;3*3-6,12H,1H3;2*2-5,12H,1H3;6*1-2H3. The minimum atomic E-state index is 0.438. The number of fused-ring (bicyclic) bond motifs is 6. The molecule has 0 saturated carbocycles. The lowest BCUT2D eigenvalue weighted by Gasteiger charge is -2.00. The number of benzene rings is 6. The van der Waals surface area contributed by atoms with E-state index in [-0.39, 0.29) is 0 Å². The summed E-state index contributed by atoms with van der Waals surface area (Å²) in [5.41, 5.74) is 16.7. The molecule has 6 aromatic heterocycles. The van der Waals surface area contributed by atoms with Crippen LogP contribution in [0.15, 0.2) is 140 Å². The number of aromatic amines is 6. The average molecular weight is 1140 g/mol. The summed E-state index contributed by atoms with van der Waals surface area (Å²) in [5.74, 6) is 0. The highest BCUT2D eigenvalue weighted by atomic mass is 14.7. The summed E-state index contributed by atoms with van der Waals surface area (Å²) < 4.78 is 0. The SMILES string of the molecule is CC.CC.CC.CC.CC.CC.Cc1cc2cc[nH]c2c(C#N)c1C#N.Cc1cc2cc[nH]c2cc1C#N.Cc1ccc2cc[nH]c2c1C#N.[C-]#[N+]c1c(C)ccc2[nH]ccc12.[C-]#[N+]c1cc(C)cc2[nH]ccc12.[C-]#[N+]c1ccc(C)c2[nH]ccc12. The third-order valence-corrected chi connectivity index (χ3v) is 12.3. The Morgan fingerprint density at radius 1 is 0.326 bits per heavy atom. The van der Waals surface area contributed by atoms with Crippen molar-refractivity contribution >= 4 is 82.5 Å². The van der Waals surface area contributed by atoms with Crippen LogP contribution in [0.2, 0.25) is 0 Å². The van der Waals surface area contributed by atoms with Crippen LogP contribution in [-0.4, -0.2) is 29.9 Å². The molecule has 12 aromatic rings. The van der Waals surface area contributed by atoms with E-state index in [0.717, 1.165) is 121 Å². The van der Waals surface area contributed by atoms with Gasteiger partial charge in [-0.05, 0) is 141 Å². The number of nitrogens with zero attached hydrogens (tertiary/aromatic N) is 7. The second kappa shape index (κ2) is 39.4. The fourth-order valence-electron chi connectivity index (χ4n) is 8.45. The van der Waals surface area contributed by atoms with E-state index in [2.05, 4.69) is 68.7 Å². The normalized spacial score (nSPS) is 8.97. The van der Waals surface area contributed by atoms with Crippen LogP contribution < -0.4 is 0 Å². The Balaban J connectivity index is 0.000000498. The number of aryl methyl sites for hydroxylation is 6. The van der Waals surface area contributed by atoms with E-state index in [1.54, 1.807) is 6.20 Å². The van der Waals surface area contributed by atoms with E-state index in [9.17, 15) is 0 Å². The van der Waals surface area contributed by atoms with Crippen molar-refractivity contribution in [3.63, 3.8) is 0 Å². The molecular formula is C73H83N13. The summed E-state index contributed by atoms with van der Waals surface area (Å²) in [6.45, 7) is 56.7. The van der Waals surface area contributed by atoms with Crippen molar-refractivity contribution in [1.82, 2.24) is 29.9 Å². The number of rotatable bonds is 0. The second-order valence-corrected chi connectivity index (χ2v) is 17.2. The average Bonchev–Trinajstić information content (AvgIpc) is 4.16. The Kier molecular flexibility index (Phi) is 33.5. The van der Waals surface area contributed by atoms with Crippen molar-refractivity contribution in [2.75, 3.05) is 0 Å². The van der Waals surface area contributed by atoms with Gasteiger partial charge in [0.1, 0.15) is 18.2 Å². The maximum absolute atomic E-state index is 8.97. The van der Waals surface area contributed by atoms with E-state index >= 15 is 0 Å². The minimum absolute atomic E-state index is 0.438. The lowest BCUT2D eigenvalue weighted by molar-refractivity contribution is 1.36. The lowest BCUT2D eigenvalue weighted by atomic mass is 10.0. The topological polar surface area (TPSA) is 203 Å². The van der Waals surface area contributed by atoms with Gasteiger partial charge in [-0.1, -0.05) is 125 Å². The van der Waals surface area contributed by atoms with E-state index in [4.69, 9.17) is 40.8 Å². The van der Waals surface area contributed by atoms with Crippen LogP contribution in [0, 0.1) is 107 Å². The van der Waals surface area contributed by atoms with Gasteiger partial charge < -0.3 is 29.9 Å². The first kappa shape index (κ1) is 73.0. The first-order chi connectivity index (χ1) is 41.9. The first-order valence-corrected chi connectivity index (χ1v) is 29.1. The summed E-state index contributed by atoms with van der Waals surface area (Å²) in [4.78, 5) is 28.8. The summed E-state index contributed by atoms with van der Waals surface area (Å²) in [6.07, 6.45) is 11.1. The number of hydrogen-bond acceptors (Lipinski definition) is 4. The molecule has 0 bridgehead atoms. The molecule has 0 aliphatic heterocycles. The Bertz CT molecular complexity index is 4230. The molecule has 6 N–H and O–H groups in total. The van der Waals surface area contributed by atoms with Crippen molar-refractivity contribution in [3.05, 3.63) is 230 Å². The molecule has 0 amide bonds. The number of aromatic nitrogens is 6. The number of H-pyrrole nitrogens is 6. The van der Waals surface area contributed by atoms with Crippen LogP contribution in [0.1, 0.15) is 139 Å². The minimum Gasteiger partial charge on any atom is -0.362 e. The third kappa shape index (κ3) is 18.8. The smallest absolute Gasteiger partial charge is 0.199 e. The van der Waals surface area contributed by atoms with Gasteiger partial charge in [-0.15, -0.1) is 0 Å². The molecule has 6 aromatic carbocycles. The highest BCUT2D eigenvalue weighted by Crippen LogP contribution is 2.30. The molecule has 86 heavy (non-hydrogen) atoms. The van der Waals surface area contributed by atoms with Crippen LogP contribution in [0.3, 0.4) is 0 Å². The summed E-state index contributed by atoms with van der Waals surface area (Å²) in [7, 11) is 0. The summed E-state index contributed by atoms with van der Waals surface area (Å²) in [6, 6.07) is 41.7. The fraction of sp³-hybridized carbons (Fsp3) is 0.247. The molecule has 0 spiro atoms. The van der Waals surface area contributed by atoms with Gasteiger partial charge in [0.2, 0.25) is 0 Å². The molecule has 6 heterocycles. The van der Waals surface area contributed by atoms with Gasteiger partial charge in [0.25, 0.3) is 0 Å². The molecule has 0 fully saturated rings. The van der Waals surface area contributed by atoms with Crippen molar-refractivity contribution in [2.45, 2.75) is 125 Å². The largest absolute Gasteiger partial charge is 0.362 e.